The Labute approximate surface area is 145 Å². The van der Waals surface area contributed by atoms with Crippen molar-refractivity contribution < 1.29 is 22.7 Å². The van der Waals surface area contributed by atoms with Crippen molar-refractivity contribution in [1.29, 1.82) is 0 Å². The smallest absolute Gasteiger partial charge is 0.416 e. The second-order valence-corrected chi connectivity index (χ2v) is 7.50. The summed E-state index contributed by atoms with van der Waals surface area (Å²) in [6.45, 7) is 1.53. The summed E-state index contributed by atoms with van der Waals surface area (Å²) < 4.78 is 41.9. The summed E-state index contributed by atoms with van der Waals surface area (Å²) >= 11 is 22.9. The molecule has 0 radical (unpaired) electrons. The summed E-state index contributed by atoms with van der Waals surface area (Å²) in [5, 5.41) is 0. The van der Waals surface area contributed by atoms with Gasteiger partial charge in [-0.05, 0) is 24.6 Å². The van der Waals surface area contributed by atoms with Crippen LogP contribution >= 0.6 is 46.4 Å². The summed E-state index contributed by atoms with van der Waals surface area (Å²) in [6, 6.07) is 3.19. The first kappa shape index (κ1) is 19.7. The highest BCUT2D eigenvalue weighted by Gasteiger charge is 2.43. The number of hydrogen-bond donors (Lipinski definition) is 0. The molecule has 0 saturated carbocycles. The Morgan fingerprint density at radius 2 is 1.68 bits per heavy atom. The highest BCUT2D eigenvalue weighted by molar-refractivity contribution is 6.67. The van der Waals surface area contributed by atoms with Gasteiger partial charge in [0.15, 0.2) is 9.39 Å². The highest BCUT2D eigenvalue weighted by atomic mass is 35.6. The van der Waals surface area contributed by atoms with Gasteiger partial charge in [0, 0.05) is 6.42 Å². The standard InChI is InChI=1S/C13H11Cl4F3O2/c1-8-2-9(4-10(3-8)13(18,19)20)11(6-14,22-7-21)5-12(15,16)17/h2-4,7H,5-6H2,1H3. The Bertz CT molecular complexity index is 543. The largest absolute Gasteiger partial charge is 0.455 e. The van der Waals surface area contributed by atoms with E-state index in [2.05, 4.69) is 0 Å². The van der Waals surface area contributed by atoms with Gasteiger partial charge in [-0.3, -0.25) is 4.79 Å². The summed E-state index contributed by atoms with van der Waals surface area (Å²) in [7, 11) is 0. The molecule has 0 amide bonds. The number of carbonyl (C=O) groups excluding carboxylic acids is 1. The molecular weight excluding hydrogens is 387 g/mol. The molecule has 22 heavy (non-hydrogen) atoms. The van der Waals surface area contributed by atoms with Gasteiger partial charge in [-0.2, -0.15) is 13.2 Å². The first-order valence-electron chi connectivity index (χ1n) is 5.87. The minimum absolute atomic E-state index is 0.00764. The third-order valence-corrected chi connectivity index (χ3v) is 3.74. The van der Waals surface area contributed by atoms with Gasteiger partial charge in [-0.1, -0.05) is 46.4 Å². The molecule has 0 aromatic heterocycles. The maximum absolute atomic E-state index is 12.9. The maximum atomic E-state index is 12.9. The van der Waals surface area contributed by atoms with Gasteiger partial charge < -0.3 is 4.74 Å². The van der Waals surface area contributed by atoms with Crippen LogP contribution in [0.15, 0.2) is 18.2 Å². The lowest BCUT2D eigenvalue weighted by molar-refractivity contribution is -0.143. The molecule has 124 valence electrons. The van der Waals surface area contributed by atoms with Crippen molar-refractivity contribution in [1.82, 2.24) is 0 Å². The Hall–Kier alpha value is -0.360. The van der Waals surface area contributed by atoms with Crippen molar-refractivity contribution in [2.75, 3.05) is 5.88 Å². The summed E-state index contributed by atoms with van der Waals surface area (Å²) in [6.07, 6.45) is -4.96. The molecule has 1 aromatic rings. The average molecular weight is 398 g/mol. The molecule has 1 aromatic carbocycles. The first-order valence-corrected chi connectivity index (χ1v) is 7.54. The van der Waals surface area contributed by atoms with E-state index in [0.717, 1.165) is 12.1 Å². The van der Waals surface area contributed by atoms with Crippen LogP contribution in [0.2, 0.25) is 0 Å². The Morgan fingerprint density at radius 3 is 2.09 bits per heavy atom. The molecule has 1 rings (SSSR count). The summed E-state index contributed by atoms with van der Waals surface area (Å²) in [5.41, 5.74) is -2.28. The number of hydrogen-bond acceptors (Lipinski definition) is 2. The van der Waals surface area contributed by atoms with Crippen LogP contribution in [0.5, 0.6) is 0 Å². The Kier molecular flexibility index (Phi) is 6.30. The van der Waals surface area contributed by atoms with E-state index in [1.165, 1.54) is 13.0 Å². The molecule has 0 N–H and O–H groups in total. The third kappa shape index (κ3) is 5.08. The van der Waals surface area contributed by atoms with Crippen molar-refractivity contribution in [3.8, 4) is 0 Å². The number of aryl methyl sites for hydroxylation is 1. The molecule has 9 heteroatoms. The minimum atomic E-state index is -4.57. The monoisotopic (exact) mass is 396 g/mol. The quantitative estimate of drug-likeness (QED) is 0.492. The van der Waals surface area contributed by atoms with E-state index < -0.39 is 27.6 Å². The molecule has 1 atom stereocenters. The lowest BCUT2D eigenvalue weighted by Gasteiger charge is -2.33. The molecule has 0 spiro atoms. The molecule has 0 saturated heterocycles. The lowest BCUT2D eigenvalue weighted by atomic mass is 9.89. The molecule has 0 bridgehead atoms. The first-order chi connectivity index (χ1) is 9.93. The number of rotatable bonds is 5. The second-order valence-electron chi connectivity index (χ2n) is 4.72. The van der Waals surface area contributed by atoms with Crippen molar-refractivity contribution >= 4 is 52.9 Å². The predicted molar refractivity (Wildman–Crippen MR) is 80.6 cm³/mol. The zero-order valence-electron chi connectivity index (χ0n) is 11.2. The summed E-state index contributed by atoms with van der Waals surface area (Å²) in [5.74, 6) is -0.375. The molecule has 2 nitrogen and oxygen atoms in total. The zero-order chi connectivity index (χ0) is 17.2. The van der Waals surface area contributed by atoms with Crippen LogP contribution in [0.4, 0.5) is 13.2 Å². The van der Waals surface area contributed by atoms with Gasteiger partial charge in [-0.25, -0.2) is 0 Å². The zero-order valence-corrected chi connectivity index (χ0v) is 14.2. The van der Waals surface area contributed by atoms with Crippen molar-refractivity contribution in [3.05, 3.63) is 34.9 Å². The van der Waals surface area contributed by atoms with E-state index in [1.54, 1.807) is 0 Å². The lowest BCUT2D eigenvalue weighted by Crippen LogP contribution is -2.36. The molecule has 0 aliphatic heterocycles. The van der Waals surface area contributed by atoms with Crippen molar-refractivity contribution in [3.63, 3.8) is 0 Å². The molecular formula is C13H11Cl4F3O2. The summed E-state index contributed by atoms with van der Waals surface area (Å²) in [4.78, 5) is 10.8. The fraction of sp³-hybridized carbons (Fsp3) is 0.462. The maximum Gasteiger partial charge on any atom is 0.416 e. The van der Waals surface area contributed by atoms with Gasteiger partial charge >= 0.3 is 6.18 Å². The van der Waals surface area contributed by atoms with Gasteiger partial charge in [0.05, 0.1) is 11.4 Å². The number of ether oxygens (including phenoxy) is 1. The van der Waals surface area contributed by atoms with E-state index in [-0.39, 0.29) is 17.9 Å². The number of alkyl halides is 7. The molecule has 0 fully saturated rings. The van der Waals surface area contributed by atoms with E-state index in [0.29, 0.717) is 5.56 Å². The molecule has 0 aliphatic carbocycles. The van der Waals surface area contributed by atoms with E-state index in [9.17, 15) is 18.0 Å². The van der Waals surface area contributed by atoms with Crippen molar-refractivity contribution in [2.45, 2.75) is 28.9 Å². The van der Waals surface area contributed by atoms with Crippen LogP contribution in [-0.2, 0) is 21.3 Å². The van der Waals surface area contributed by atoms with Crippen LogP contribution in [0, 0.1) is 6.92 Å². The normalized spacial score (nSPS) is 15.3. The topological polar surface area (TPSA) is 26.3 Å². The van der Waals surface area contributed by atoms with Gasteiger partial charge in [0.25, 0.3) is 6.47 Å². The molecule has 0 heterocycles. The predicted octanol–water partition coefficient (Wildman–Crippen LogP) is 5.38. The molecule has 1 unspecified atom stereocenters. The van der Waals surface area contributed by atoms with Gasteiger partial charge in [-0.15, -0.1) is 11.6 Å². The fourth-order valence-electron chi connectivity index (χ4n) is 1.99. The van der Waals surface area contributed by atoms with Crippen LogP contribution in [-0.4, -0.2) is 16.1 Å². The Morgan fingerprint density at radius 1 is 1.14 bits per heavy atom. The van der Waals surface area contributed by atoms with Crippen LogP contribution < -0.4 is 0 Å². The van der Waals surface area contributed by atoms with Crippen LogP contribution in [0.1, 0.15) is 23.1 Å². The van der Waals surface area contributed by atoms with Crippen LogP contribution in [0.3, 0.4) is 0 Å². The van der Waals surface area contributed by atoms with E-state index in [1.807, 2.05) is 0 Å². The number of halogens is 7. The second kappa shape index (κ2) is 7.04. The Balaban J connectivity index is 3.48. The highest BCUT2D eigenvalue weighted by Crippen LogP contribution is 2.44. The molecule has 0 aliphatic rings. The van der Waals surface area contributed by atoms with Gasteiger partial charge in [0.1, 0.15) is 0 Å². The SMILES string of the molecule is Cc1cc(C(F)(F)F)cc(C(CCl)(CC(Cl)(Cl)Cl)OC=O)c1. The van der Waals surface area contributed by atoms with Crippen LogP contribution in [0.25, 0.3) is 0 Å². The van der Waals surface area contributed by atoms with E-state index >= 15 is 0 Å². The van der Waals surface area contributed by atoms with Gasteiger partial charge in [0.2, 0.25) is 0 Å². The minimum Gasteiger partial charge on any atom is -0.455 e. The fourth-order valence-corrected chi connectivity index (χ4v) is 2.95. The third-order valence-electron chi connectivity index (χ3n) is 2.91. The number of benzene rings is 1. The average Bonchev–Trinajstić information content (AvgIpc) is 2.34. The van der Waals surface area contributed by atoms with E-state index in [4.69, 9.17) is 51.1 Å². The number of carbonyl (C=O) groups is 1. The van der Waals surface area contributed by atoms with Crippen molar-refractivity contribution in [2.24, 2.45) is 0 Å².